The molecular weight excluding hydrogens is 362 g/mol. The molecule has 5 nitrogen and oxygen atoms in total. The van der Waals surface area contributed by atoms with E-state index in [0.29, 0.717) is 5.69 Å². The van der Waals surface area contributed by atoms with Crippen LogP contribution in [-0.2, 0) is 0 Å². The monoisotopic (exact) mass is 383 g/mol. The van der Waals surface area contributed by atoms with Gasteiger partial charge in [0, 0.05) is 23.5 Å². The van der Waals surface area contributed by atoms with Crippen molar-refractivity contribution in [3.8, 4) is 34.0 Å². The molecule has 1 aromatic carbocycles. The summed E-state index contributed by atoms with van der Waals surface area (Å²) in [6, 6.07) is 11.1. The van der Waals surface area contributed by atoms with E-state index in [2.05, 4.69) is 13.2 Å². The molecule has 144 valence electrons. The fraction of sp³-hybridized carbons (Fsp3) is 0.0833. The van der Waals surface area contributed by atoms with E-state index in [0.717, 1.165) is 45.0 Å². The first-order valence-corrected chi connectivity index (χ1v) is 9.17. The van der Waals surface area contributed by atoms with Gasteiger partial charge in [0.15, 0.2) is 0 Å². The molecule has 3 heterocycles. The van der Waals surface area contributed by atoms with Crippen LogP contribution in [0.1, 0.15) is 16.8 Å². The lowest BCUT2D eigenvalue weighted by Gasteiger charge is -2.14. The third-order valence-corrected chi connectivity index (χ3v) is 4.95. The molecule has 0 aliphatic rings. The number of nitrogens with zero attached hydrogens (tertiary/aromatic N) is 3. The van der Waals surface area contributed by atoms with Crippen LogP contribution in [0.2, 0.25) is 0 Å². The molecule has 4 aromatic rings. The van der Waals surface area contributed by atoms with Crippen molar-refractivity contribution in [2.24, 2.45) is 0 Å². The Balaban J connectivity index is 1.86. The van der Waals surface area contributed by atoms with Gasteiger partial charge < -0.3 is 14.2 Å². The summed E-state index contributed by atoms with van der Waals surface area (Å²) in [5.74, 6) is 0.969. The van der Waals surface area contributed by atoms with E-state index < -0.39 is 0 Å². The molecule has 0 aliphatic carbocycles. The largest absolute Gasteiger partial charge is 0.508 e. The van der Waals surface area contributed by atoms with Crippen molar-refractivity contribution in [1.29, 1.82) is 0 Å². The van der Waals surface area contributed by atoms with Crippen molar-refractivity contribution in [1.82, 2.24) is 14.4 Å². The highest BCUT2D eigenvalue weighted by atomic mass is 16.5. The number of imidazole rings is 1. The molecule has 3 aromatic heterocycles. The average Bonchev–Trinajstić information content (AvgIpc) is 3.16. The van der Waals surface area contributed by atoms with Crippen LogP contribution in [0.4, 0.5) is 0 Å². The molecule has 1 N–H and O–H groups in total. The fourth-order valence-electron chi connectivity index (χ4n) is 3.49. The third kappa shape index (κ3) is 3.17. The Labute approximate surface area is 169 Å². The van der Waals surface area contributed by atoms with Crippen molar-refractivity contribution in [3.05, 3.63) is 78.8 Å². The van der Waals surface area contributed by atoms with Gasteiger partial charge in [-0.1, -0.05) is 31.4 Å². The van der Waals surface area contributed by atoms with Gasteiger partial charge in [-0.2, -0.15) is 0 Å². The van der Waals surface area contributed by atoms with Crippen molar-refractivity contribution >= 4 is 17.8 Å². The standard InChI is InChI=1S/C24H21N3O2/c1-5-19-20(6-2)26-23(15(3)24(19)29-4)21-14-27-12-11-17(13-22(27)25-21)16-7-9-18(28)10-8-16/h5-14,28H,1-2H2,3-4H3. The van der Waals surface area contributed by atoms with Crippen LogP contribution in [0.5, 0.6) is 11.5 Å². The van der Waals surface area contributed by atoms with Gasteiger partial charge in [0.05, 0.1) is 18.5 Å². The minimum atomic E-state index is 0.245. The summed E-state index contributed by atoms with van der Waals surface area (Å²) >= 11 is 0. The van der Waals surface area contributed by atoms with Gasteiger partial charge in [-0.05, 0) is 48.4 Å². The van der Waals surface area contributed by atoms with Gasteiger partial charge >= 0.3 is 0 Å². The SMILES string of the molecule is C=Cc1nc(-c2cn3ccc(-c4ccc(O)cc4)cc3n2)c(C)c(OC)c1C=C. The molecule has 5 heteroatoms. The zero-order valence-corrected chi connectivity index (χ0v) is 16.4. The molecule has 0 atom stereocenters. The van der Waals surface area contributed by atoms with Crippen molar-refractivity contribution < 1.29 is 9.84 Å². The Morgan fingerprint density at radius 2 is 1.79 bits per heavy atom. The molecule has 0 fully saturated rings. The van der Waals surface area contributed by atoms with Gasteiger partial charge in [0.1, 0.15) is 22.8 Å². The van der Waals surface area contributed by atoms with E-state index >= 15 is 0 Å². The second kappa shape index (κ2) is 7.28. The first-order valence-electron chi connectivity index (χ1n) is 9.17. The van der Waals surface area contributed by atoms with Gasteiger partial charge in [-0.3, -0.25) is 0 Å². The molecule has 0 bridgehead atoms. The highest BCUT2D eigenvalue weighted by molar-refractivity contribution is 5.76. The Morgan fingerprint density at radius 1 is 1.03 bits per heavy atom. The van der Waals surface area contributed by atoms with Gasteiger partial charge in [0.2, 0.25) is 0 Å². The lowest BCUT2D eigenvalue weighted by atomic mass is 10.0. The van der Waals surface area contributed by atoms with E-state index in [4.69, 9.17) is 14.7 Å². The molecule has 0 radical (unpaired) electrons. The Morgan fingerprint density at radius 3 is 2.45 bits per heavy atom. The zero-order chi connectivity index (χ0) is 20.5. The summed E-state index contributed by atoms with van der Waals surface area (Å²) in [7, 11) is 1.64. The summed E-state index contributed by atoms with van der Waals surface area (Å²) in [6.07, 6.45) is 7.34. The summed E-state index contributed by atoms with van der Waals surface area (Å²) in [5.41, 5.74) is 6.76. The highest BCUT2D eigenvalue weighted by Crippen LogP contribution is 2.34. The van der Waals surface area contributed by atoms with E-state index in [1.165, 1.54) is 0 Å². The Hall–Kier alpha value is -3.86. The van der Waals surface area contributed by atoms with E-state index in [9.17, 15) is 5.11 Å². The third-order valence-electron chi connectivity index (χ3n) is 4.95. The molecule has 0 aliphatic heterocycles. The molecule has 4 rings (SSSR count). The molecule has 0 saturated heterocycles. The fourth-order valence-corrected chi connectivity index (χ4v) is 3.49. The maximum Gasteiger partial charge on any atom is 0.138 e. The minimum Gasteiger partial charge on any atom is -0.508 e. The number of hydrogen-bond donors (Lipinski definition) is 1. The van der Waals surface area contributed by atoms with E-state index in [-0.39, 0.29) is 5.75 Å². The number of phenolic OH excluding ortho intramolecular Hbond substituents is 1. The number of fused-ring (bicyclic) bond motifs is 1. The summed E-state index contributed by atoms with van der Waals surface area (Å²) in [6.45, 7) is 9.70. The first-order chi connectivity index (χ1) is 14.0. The van der Waals surface area contributed by atoms with Crippen LogP contribution >= 0.6 is 0 Å². The number of aromatic hydroxyl groups is 1. The number of ether oxygens (including phenoxy) is 1. The quantitative estimate of drug-likeness (QED) is 0.503. The van der Waals surface area contributed by atoms with Crippen LogP contribution in [0.25, 0.3) is 40.3 Å². The van der Waals surface area contributed by atoms with Crippen molar-refractivity contribution in [2.75, 3.05) is 7.11 Å². The van der Waals surface area contributed by atoms with Gasteiger partial charge in [-0.15, -0.1) is 0 Å². The second-order valence-electron chi connectivity index (χ2n) is 6.68. The van der Waals surface area contributed by atoms with Crippen LogP contribution in [0.15, 0.2) is 61.9 Å². The number of aromatic nitrogens is 3. The number of rotatable bonds is 5. The van der Waals surface area contributed by atoms with Crippen LogP contribution in [0.3, 0.4) is 0 Å². The molecule has 0 saturated carbocycles. The molecular formula is C24H21N3O2. The number of pyridine rings is 2. The molecule has 0 unspecified atom stereocenters. The molecule has 0 amide bonds. The van der Waals surface area contributed by atoms with Gasteiger partial charge in [-0.25, -0.2) is 9.97 Å². The number of methoxy groups -OCH3 is 1. The van der Waals surface area contributed by atoms with Crippen LogP contribution in [0, 0.1) is 6.92 Å². The summed E-state index contributed by atoms with van der Waals surface area (Å²) in [4.78, 5) is 9.54. The summed E-state index contributed by atoms with van der Waals surface area (Å²) < 4.78 is 7.58. The smallest absolute Gasteiger partial charge is 0.138 e. The highest BCUT2D eigenvalue weighted by Gasteiger charge is 2.18. The second-order valence-corrected chi connectivity index (χ2v) is 6.68. The van der Waals surface area contributed by atoms with Gasteiger partial charge in [0.25, 0.3) is 0 Å². The normalized spacial score (nSPS) is 10.8. The van der Waals surface area contributed by atoms with E-state index in [1.807, 2.05) is 48.0 Å². The maximum atomic E-state index is 9.51. The molecule has 0 spiro atoms. The molecule has 29 heavy (non-hydrogen) atoms. The number of phenols is 1. The minimum absolute atomic E-state index is 0.245. The van der Waals surface area contributed by atoms with Crippen LogP contribution in [-0.4, -0.2) is 26.6 Å². The van der Waals surface area contributed by atoms with Crippen molar-refractivity contribution in [2.45, 2.75) is 6.92 Å². The Kier molecular flexibility index (Phi) is 4.64. The summed E-state index contributed by atoms with van der Waals surface area (Å²) in [5, 5.41) is 9.51. The van der Waals surface area contributed by atoms with Crippen LogP contribution < -0.4 is 4.74 Å². The maximum absolute atomic E-state index is 9.51. The van der Waals surface area contributed by atoms with E-state index in [1.54, 1.807) is 31.4 Å². The first kappa shape index (κ1) is 18.5. The number of benzene rings is 1. The number of hydrogen-bond acceptors (Lipinski definition) is 4. The lowest BCUT2D eigenvalue weighted by molar-refractivity contribution is 0.410. The lowest BCUT2D eigenvalue weighted by Crippen LogP contribution is -2.00. The predicted octanol–water partition coefficient (Wildman–Crippen LogP) is 5.37. The van der Waals surface area contributed by atoms with Crippen molar-refractivity contribution in [3.63, 3.8) is 0 Å². The Bertz CT molecular complexity index is 1240. The average molecular weight is 383 g/mol. The zero-order valence-electron chi connectivity index (χ0n) is 16.4. The predicted molar refractivity (Wildman–Crippen MR) is 117 cm³/mol. The topological polar surface area (TPSA) is 59.7 Å².